The average molecular weight is 154 g/mol. The summed E-state index contributed by atoms with van der Waals surface area (Å²) < 4.78 is 4.98. The summed E-state index contributed by atoms with van der Waals surface area (Å²) in [5, 5.41) is 8.97. The third-order valence-corrected chi connectivity index (χ3v) is 1.39. The largest absolute Gasteiger partial charge is 0.468 e. The number of carbonyl (C=O) groups is 1. The summed E-state index contributed by atoms with van der Waals surface area (Å²) in [6, 6.07) is 1.59. The van der Waals surface area contributed by atoms with E-state index in [2.05, 4.69) is 0 Å². The highest BCUT2D eigenvalue weighted by atomic mass is 16.3. The first-order valence-corrected chi connectivity index (χ1v) is 3.43. The van der Waals surface area contributed by atoms with E-state index in [-0.39, 0.29) is 0 Å². The molecule has 1 N–H and O–H groups in total. The van der Waals surface area contributed by atoms with E-state index >= 15 is 0 Å². The van der Waals surface area contributed by atoms with Gasteiger partial charge < -0.3 is 9.52 Å². The maximum Gasteiger partial charge on any atom is 0.153 e. The fourth-order valence-electron chi connectivity index (χ4n) is 0.890. The van der Waals surface area contributed by atoms with Gasteiger partial charge in [0.15, 0.2) is 6.29 Å². The molecule has 0 spiro atoms. The number of hydrogen-bond acceptors (Lipinski definition) is 3. The van der Waals surface area contributed by atoms with Crippen molar-refractivity contribution in [2.75, 3.05) is 0 Å². The van der Waals surface area contributed by atoms with Crippen molar-refractivity contribution in [3.05, 3.63) is 23.7 Å². The van der Waals surface area contributed by atoms with Crippen LogP contribution in [-0.4, -0.2) is 17.5 Å². The number of aliphatic hydroxyl groups excluding tert-OH is 1. The monoisotopic (exact) mass is 154 g/mol. The van der Waals surface area contributed by atoms with Gasteiger partial charge in [0, 0.05) is 6.42 Å². The molecule has 0 saturated heterocycles. The van der Waals surface area contributed by atoms with Crippen molar-refractivity contribution in [3.63, 3.8) is 0 Å². The molecule has 3 nitrogen and oxygen atoms in total. The van der Waals surface area contributed by atoms with Gasteiger partial charge >= 0.3 is 0 Å². The first kappa shape index (κ1) is 8.01. The molecule has 1 aromatic rings. The normalized spacial score (nSPS) is 12.9. The average Bonchev–Trinajstić information content (AvgIpc) is 2.34. The molecule has 1 atom stereocenters. The van der Waals surface area contributed by atoms with Gasteiger partial charge in [-0.15, -0.1) is 0 Å². The molecule has 1 aromatic heterocycles. The van der Waals surface area contributed by atoms with Crippen molar-refractivity contribution in [1.82, 2.24) is 0 Å². The van der Waals surface area contributed by atoms with Crippen LogP contribution in [0.5, 0.6) is 0 Å². The molecular weight excluding hydrogens is 144 g/mol. The van der Waals surface area contributed by atoms with Gasteiger partial charge in [0.05, 0.1) is 17.9 Å². The lowest BCUT2D eigenvalue weighted by molar-refractivity contribution is 0.112. The highest BCUT2D eigenvalue weighted by Gasteiger charge is 2.07. The quantitative estimate of drug-likeness (QED) is 0.661. The van der Waals surface area contributed by atoms with Gasteiger partial charge in [-0.25, -0.2) is 0 Å². The number of carbonyl (C=O) groups excluding carboxylic acids is 1. The number of rotatable bonds is 3. The van der Waals surface area contributed by atoms with E-state index in [0.29, 0.717) is 17.7 Å². The summed E-state index contributed by atoms with van der Waals surface area (Å²) in [5.41, 5.74) is 0.519. The Kier molecular flexibility index (Phi) is 2.44. The van der Waals surface area contributed by atoms with E-state index in [1.54, 1.807) is 13.0 Å². The van der Waals surface area contributed by atoms with Crippen LogP contribution in [0.2, 0.25) is 0 Å². The zero-order valence-electron chi connectivity index (χ0n) is 6.28. The van der Waals surface area contributed by atoms with Gasteiger partial charge in [0.1, 0.15) is 5.76 Å². The van der Waals surface area contributed by atoms with Crippen molar-refractivity contribution in [3.8, 4) is 0 Å². The van der Waals surface area contributed by atoms with Crippen molar-refractivity contribution in [2.45, 2.75) is 19.4 Å². The molecule has 1 heterocycles. The van der Waals surface area contributed by atoms with Gasteiger partial charge in [-0.1, -0.05) is 0 Å². The molecule has 11 heavy (non-hydrogen) atoms. The van der Waals surface area contributed by atoms with Crippen LogP contribution >= 0.6 is 0 Å². The fraction of sp³-hybridized carbons (Fsp3) is 0.375. The summed E-state index contributed by atoms with van der Waals surface area (Å²) in [4.78, 5) is 10.3. The maximum atomic E-state index is 10.3. The van der Waals surface area contributed by atoms with Crippen molar-refractivity contribution >= 4 is 6.29 Å². The van der Waals surface area contributed by atoms with Crippen LogP contribution in [0.25, 0.3) is 0 Å². The predicted molar refractivity (Wildman–Crippen MR) is 39.5 cm³/mol. The molecule has 0 saturated carbocycles. The second-order valence-corrected chi connectivity index (χ2v) is 2.47. The third kappa shape index (κ3) is 1.91. The molecule has 0 radical (unpaired) electrons. The molecule has 0 aliphatic carbocycles. The fourth-order valence-corrected chi connectivity index (χ4v) is 0.890. The first-order valence-electron chi connectivity index (χ1n) is 3.43. The van der Waals surface area contributed by atoms with Crippen molar-refractivity contribution in [2.24, 2.45) is 0 Å². The zero-order chi connectivity index (χ0) is 8.27. The van der Waals surface area contributed by atoms with Crippen LogP contribution in [-0.2, 0) is 6.42 Å². The number of furan rings is 1. The van der Waals surface area contributed by atoms with E-state index in [1.807, 2.05) is 0 Å². The molecule has 0 aliphatic heterocycles. The molecular formula is C8H10O3. The highest BCUT2D eigenvalue weighted by molar-refractivity contribution is 5.75. The minimum atomic E-state index is -0.472. The molecule has 0 aromatic carbocycles. The molecule has 1 rings (SSSR count). The van der Waals surface area contributed by atoms with E-state index in [0.717, 1.165) is 6.29 Å². The Bertz CT molecular complexity index is 237. The Morgan fingerprint density at radius 2 is 2.55 bits per heavy atom. The first-order chi connectivity index (χ1) is 5.24. The Morgan fingerprint density at radius 3 is 3.09 bits per heavy atom. The molecule has 3 heteroatoms. The summed E-state index contributed by atoms with van der Waals surface area (Å²) in [5.74, 6) is 0.551. The smallest absolute Gasteiger partial charge is 0.153 e. The predicted octanol–water partition coefficient (Wildman–Crippen LogP) is 1.02. The Hall–Kier alpha value is -1.09. The van der Waals surface area contributed by atoms with Crippen LogP contribution < -0.4 is 0 Å². The molecule has 1 unspecified atom stereocenters. The number of aliphatic hydroxyl groups is 1. The number of hydrogen-bond donors (Lipinski definition) is 1. The Balaban J connectivity index is 2.76. The van der Waals surface area contributed by atoms with Crippen molar-refractivity contribution in [1.29, 1.82) is 0 Å². The SMILES string of the molecule is CC(O)Cc1occc1C=O. The van der Waals surface area contributed by atoms with Gasteiger partial charge in [-0.2, -0.15) is 0 Å². The molecule has 60 valence electrons. The van der Waals surface area contributed by atoms with Crippen LogP contribution in [0, 0.1) is 0 Å². The molecule has 0 amide bonds. The number of aldehydes is 1. The van der Waals surface area contributed by atoms with Crippen LogP contribution in [0.15, 0.2) is 16.7 Å². The van der Waals surface area contributed by atoms with Gasteiger partial charge in [-0.3, -0.25) is 4.79 Å². The lowest BCUT2D eigenvalue weighted by Crippen LogP contribution is -2.04. The van der Waals surface area contributed by atoms with E-state index in [9.17, 15) is 4.79 Å². The van der Waals surface area contributed by atoms with Gasteiger partial charge in [0.25, 0.3) is 0 Å². The van der Waals surface area contributed by atoms with Crippen molar-refractivity contribution < 1.29 is 14.3 Å². The second-order valence-electron chi connectivity index (χ2n) is 2.47. The molecule has 0 aliphatic rings. The van der Waals surface area contributed by atoms with E-state index < -0.39 is 6.10 Å². The molecule has 0 bridgehead atoms. The summed E-state index contributed by atoms with van der Waals surface area (Å²) >= 11 is 0. The van der Waals surface area contributed by atoms with E-state index in [4.69, 9.17) is 9.52 Å². The minimum absolute atomic E-state index is 0.390. The lowest BCUT2D eigenvalue weighted by atomic mass is 10.2. The van der Waals surface area contributed by atoms with Crippen LogP contribution in [0.3, 0.4) is 0 Å². The Morgan fingerprint density at radius 1 is 1.82 bits per heavy atom. The minimum Gasteiger partial charge on any atom is -0.468 e. The summed E-state index contributed by atoms with van der Waals surface area (Å²) in [7, 11) is 0. The topological polar surface area (TPSA) is 50.4 Å². The van der Waals surface area contributed by atoms with Gasteiger partial charge in [0.2, 0.25) is 0 Å². The second kappa shape index (κ2) is 3.34. The highest BCUT2D eigenvalue weighted by Crippen LogP contribution is 2.09. The van der Waals surface area contributed by atoms with Gasteiger partial charge in [-0.05, 0) is 13.0 Å². The standard InChI is InChI=1S/C8H10O3/c1-6(10)4-8-7(5-9)2-3-11-8/h2-3,5-6,10H,4H2,1H3. The van der Waals surface area contributed by atoms with Crippen LogP contribution in [0.1, 0.15) is 23.0 Å². The summed E-state index contributed by atoms with van der Waals surface area (Å²) in [6.45, 7) is 1.65. The van der Waals surface area contributed by atoms with E-state index in [1.165, 1.54) is 6.26 Å². The Labute approximate surface area is 64.6 Å². The lowest BCUT2D eigenvalue weighted by Gasteiger charge is -1.99. The molecule has 0 fully saturated rings. The third-order valence-electron chi connectivity index (χ3n) is 1.39. The summed E-state index contributed by atoms with van der Waals surface area (Å²) in [6.07, 6.45) is 2.09. The van der Waals surface area contributed by atoms with Crippen LogP contribution in [0.4, 0.5) is 0 Å². The maximum absolute atomic E-state index is 10.3. The zero-order valence-corrected chi connectivity index (χ0v) is 6.28.